The van der Waals surface area contributed by atoms with Crippen LogP contribution in [-0.4, -0.2) is 50.6 Å². The van der Waals surface area contributed by atoms with Gasteiger partial charge in [0.2, 0.25) is 0 Å². The summed E-state index contributed by atoms with van der Waals surface area (Å²) in [6, 6.07) is 7.45. The number of halogens is 1. The van der Waals surface area contributed by atoms with Crippen molar-refractivity contribution in [2.45, 2.75) is 31.1 Å². The molecule has 1 aromatic heterocycles. The quantitative estimate of drug-likeness (QED) is 0.695. The van der Waals surface area contributed by atoms with E-state index in [1.54, 1.807) is 36.0 Å². The first-order valence-corrected chi connectivity index (χ1v) is 10.9. The molecule has 1 amide bonds. The van der Waals surface area contributed by atoms with Crippen LogP contribution in [0.5, 0.6) is 6.01 Å². The minimum Gasteiger partial charge on any atom is -0.460 e. The van der Waals surface area contributed by atoms with E-state index >= 15 is 0 Å². The molecule has 0 spiro atoms. The van der Waals surface area contributed by atoms with Crippen LogP contribution in [-0.2, 0) is 11.4 Å². The Balaban J connectivity index is 1.49. The fourth-order valence-corrected chi connectivity index (χ4v) is 5.10. The van der Waals surface area contributed by atoms with E-state index < -0.39 is 5.91 Å². The van der Waals surface area contributed by atoms with Gasteiger partial charge in [-0.2, -0.15) is 0 Å². The van der Waals surface area contributed by atoms with Crippen molar-refractivity contribution < 1.29 is 14.6 Å². The summed E-state index contributed by atoms with van der Waals surface area (Å²) in [5.74, 6) is -0.508. The SMILES string of the molecule is NC(=O)C1=CSC(N2CCC(Oc3ncccn3)CC2)N1c1ccc(CO)cc1Cl. The number of carbonyl (C=O) groups excluding carboxylic acids is 1. The summed E-state index contributed by atoms with van der Waals surface area (Å²) >= 11 is 8.01. The van der Waals surface area contributed by atoms with Gasteiger partial charge in [-0.05, 0) is 36.6 Å². The fourth-order valence-electron chi connectivity index (χ4n) is 3.59. The molecule has 2 aliphatic heterocycles. The minimum absolute atomic E-state index is 0.0412. The minimum atomic E-state index is -0.508. The third-order valence-electron chi connectivity index (χ3n) is 5.09. The molecule has 0 radical (unpaired) electrons. The van der Waals surface area contributed by atoms with Gasteiger partial charge in [0, 0.05) is 30.9 Å². The number of nitrogens with zero attached hydrogens (tertiary/aromatic N) is 4. The van der Waals surface area contributed by atoms with Crippen molar-refractivity contribution in [3.8, 4) is 6.01 Å². The third-order valence-corrected chi connectivity index (χ3v) is 6.51. The Morgan fingerprint density at radius 1 is 1.30 bits per heavy atom. The first kappa shape index (κ1) is 20.9. The molecule has 1 atom stereocenters. The highest BCUT2D eigenvalue weighted by Crippen LogP contribution is 2.41. The molecule has 30 heavy (non-hydrogen) atoms. The van der Waals surface area contributed by atoms with E-state index in [1.807, 2.05) is 11.0 Å². The molecule has 1 unspecified atom stereocenters. The van der Waals surface area contributed by atoms with Gasteiger partial charge in [-0.15, -0.1) is 0 Å². The lowest BCUT2D eigenvalue weighted by Gasteiger charge is -2.40. The molecular weight excluding hydrogens is 426 g/mol. The summed E-state index contributed by atoms with van der Waals surface area (Å²) in [4.78, 5) is 24.5. The molecule has 0 saturated carbocycles. The fraction of sp³-hybridized carbons (Fsp3) is 0.350. The van der Waals surface area contributed by atoms with E-state index in [2.05, 4.69) is 14.9 Å². The number of ether oxygens (including phenoxy) is 1. The zero-order chi connectivity index (χ0) is 21.1. The van der Waals surface area contributed by atoms with Crippen LogP contribution in [0.15, 0.2) is 47.8 Å². The van der Waals surface area contributed by atoms with Crippen molar-refractivity contribution in [1.82, 2.24) is 14.9 Å². The second-order valence-electron chi connectivity index (χ2n) is 7.03. The highest BCUT2D eigenvalue weighted by Gasteiger charge is 2.38. The van der Waals surface area contributed by atoms with Crippen molar-refractivity contribution in [2.75, 3.05) is 18.0 Å². The van der Waals surface area contributed by atoms with Gasteiger partial charge in [-0.25, -0.2) is 9.97 Å². The summed E-state index contributed by atoms with van der Waals surface area (Å²) in [6.07, 6.45) is 4.98. The number of amides is 1. The topological polar surface area (TPSA) is 105 Å². The van der Waals surface area contributed by atoms with Crippen LogP contribution in [0.3, 0.4) is 0 Å². The number of piperidine rings is 1. The number of hydrogen-bond acceptors (Lipinski definition) is 8. The molecule has 2 aromatic rings. The zero-order valence-electron chi connectivity index (χ0n) is 16.1. The predicted molar refractivity (Wildman–Crippen MR) is 116 cm³/mol. The van der Waals surface area contributed by atoms with Crippen molar-refractivity contribution in [3.63, 3.8) is 0 Å². The van der Waals surface area contributed by atoms with Gasteiger partial charge in [0.05, 0.1) is 17.3 Å². The van der Waals surface area contributed by atoms with Gasteiger partial charge in [0.1, 0.15) is 17.3 Å². The van der Waals surface area contributed by atoms with Crippen molar-refractivity contribution in [1.29, 1.82) is 0 Å². The molecule has 8 nitrogen and oxygen atoms in total. The van der Waals surface area contributed by atoms with Crippen LogP contribution in [0, 0.1) is 0 Å². The number of aliphatic hydroxyl groups excluding tert-OH is 1. The molecule has 0 aliphatic carbocycles. The molecule has 158 valence electrons. The molecular formula is C20H22ClN5O3S. The molecule has 3 N–H and O–H groups in total. The Bertz CT molecular complexity index is 937. The molecule has 1 aromatic carbocycles. The Morgan fingerprint density at radius 2 is 2.03 bits per heavy atom. The number of anilines is 1. The number of likely N-dealkylation sites (tertiary alicyclic amines) is 1. The summed E-state index contributed by atoms with van der Waals surface area (Å²) in [5.41, 5.74) is 7.29. The zero-order valence-corrected chi connectivity index (χ0v) is 17.7. The lowest BCUT2D eigenvalue weighted by atomic mass is 10.1. The summed E-state index contributed by atoms with van der Waals surface area (Å²) in [6.45, 7) is 1.45. The molecule has 10 heteroatoms. The maximum absolute atomic E-state index is 12.1. The number of primary amides is 1. The number of rotatable bonds is 6. The number of nitrogens with two attached hydrogens (primary N) is 1. The van der Waals surface area contributed by atoms with Crippen molar-refractivity contribution in [2.24, 2.45) is 5.73 Å². The van der Waals surface area contributed by atoms with E-state index in [0.29, 0.717) is 28.0 Å². The van der Waals surface area contributed by atoms with E-state index in [9.17, 15) is 9.90 Å². The molecule has 0 bridgehead atoms. The first-order chi connectivity index (χ1) is 14.6. The lowest BCUT2D eigenvalue weighted by molar-refractivity contribution is -0.114. The number of aliphatic hydroxyl groups is 1. The van der Waals surface area contributed by atoms with Crippen LogP contribution in [0.1, 0.15) is 18.4 Å². The van der Waals surface area contributed by atoms with Gasteiger partial charge >= 0.3 is 6.01 Å². The maximum atomic E-state index is 12.1. The van der Waals surface area contributed by atoms with Crippen LogP contribution in [0.25, 0.3) is 0 Å². The highest BCUT2D eigenvalue weighted by atomic mass is 35.5. The number of thioether (sulfide) groups is 1. The molecule has 4 rings (SSSR count). The summed E-state index contributed by atoms with van der Waals surface area (Å²) in [7, 11) is 0. The summed E-state index contributed by atoms with van der Waals surface area (Å²) < 4.78 is 5.88. The maximum Gasteiger partial charge on any atom is 0.316 e. The Kier molecular flexibility index (Phi) is 6.43. The van der Waals surface area contributed by atoms with Gasteiger partial charge in [0.25, 0.3) is 5.91 Å². The number of hydrogen-bond donors (Lipinski definition) is 2. The summed E-state index contributed by atoms with van der Waals surface area (Å²) in [5, 5.41) is 11.6. The Morgan fingerprint density at radius 3 is 2.67 bits per heavy atom. The standard InChI is InChI=1S/C20H22ClN5O3S/c21-15-10-13(11-27)2-3-16(15)26-17(18(22)28)12-30-20(26)25-8-4-14(5-9-25)29-19-23-6-1-7-24-19/h1-3,6-7,10,12,14,20,27H,4-5,8-9,11H2,(H2,22,28). The van der Waals surface area contributed by atoms with E-state index in [4.69, 9.17) is 22.1 Å². The average molecular weight is 448 g/mol. The van der Waals surface area contributed by atoms with Crippen molar-refractivity contribution in [3.05, 3.63) is 58.4 Å². The lowest BCUT2D eigenvalue weighted by Crippen LogP contribution is -2.50. The van der Waals surface area contributed by atoms with Crippen LogP contribution < -0.4 is 15.4 Å². The normalized spacial score (nSPS) is 20.3. The monoisotopic (exact) mass is 447 g/mol. The van der Waals surface area contributed by atoms with Crippen molar-refractivity contribution >= 4 is 35.0 Å². The van der Waals surface area contributed by atoms with E-state index in [1.165, 1.54) is 11.8 Å². The Labute approximate surface area is 183 Å². The van der Waals surface area contributed by atoms with Gasteiger partial charge in [0.15, 0.2) is 0 Å². The van der Waals surface area contributed by atoms with E-state index in [-0.39, 0.29) is 18.2 Å². The second kappa shape index (κ2) is 9.22. The second-order valence-corrected chi connectivity index (χ2v) is 8.36. The largest absolute Gasteiger partial charge is 0.460 e. The van der Waals surface area contributed by atoms with E-state index in [0.717, 1.165) is 25.9 Å². The third kappa shape index (κ3) is 4.39. The van der Waals surface area contributed by atoms with Gasteiger partial charge in [-0.1, -0.05) is 29.4 Å². The number of benzene rings is 1. The highest BCUT2D eigenvalue weighted by molar-refractivity contribution is 8.03. The van der Waals surface area contributed by atoms with Gasteiger partial charge in [-0.3, -0.25) is 9.69 Å². The number of aromatic nitrogens is 2. The Hall–Kier alpha value is -2.33. The van der Waals surface area contributed by atoms with Crippen LogP contribution in [0.4, 0.5) is 5.69 Å². The molecule has 1 saturated heterocycles. The first-order valence-electron chi connectivity index (χ1n) is 9.58. The smallest absolute Gasteiger partial charge is 0.316 e. The van der Waals surface area contributed by atoms with Gasteiger partial charge < -0.3 is 20.5 Å². The van der Waals surface area contributed by atoms with Crippen LogP contribution >= 0.6 is 23.4 Å². The molecule has 2 aliphatic rings. The van der Waals surface area contributed by atoms with Crippen LogP contribution in [0.2, 0.25) is 5.02 Å². The molecule has 1 fully saturated rings. The average Bonchev–Trinajstić information content (AvgIpc) is 3.20. The number of carbonyl (C=O) groups is 1. The predicted octanol–water partition coefficient (Wildman–Crippen LogP) is 2.33. The molecule has 3 heterocycles.